The molecule has 6 heteroatoms. The molecule has 0 amide bonds. The average molecular weight is 295 g/mol. The van der Waals surface area contributed by atoms with Gasteiger partial charge >= 0.3 is 5.97 Å². The van der Waals surface area contributed by atoms with Crippen LogP contribution in [0.4, 0.5) is 5.69 Å². The third kappa shape index (κ3) is 4.38. The quantitative estimate of drug-likeness (QED) is 0.788. The molecule has 0 spiro atoms. The maximum absolute atomic E-state index is 11.9. The van der Waals surface area contributed by atoms with E-state index in [4.69, 9.17) is 5.11 Å². The zero-order chi connectivity index (χ0) is 14.8. The predicted molar refractivity (Wildman–Crippen MR) is 78.0 cm³/mol. The summed E-state index contributed by atoms with van der Waals surface area (Å²) in [5.74, 6) is -0.544. The molecule has 108 valence electrons. The first kappa shape index (κ1) is 14.6. The molecule has 0 bridgehead atoms. The number of carboxylic acids is 1. The van der Waals surface area contributed by atoms with E-state index >= 15 is 0 Å². The van der Waals surface area contributed by atoms with Crippen LogP contribution in [0.15, 0.2) is 24.3 Å². The number of sulfonamides is 1. The summed E-state index contributed by atoms with van der Waals surface area (Å²) in [7, 11) is -3.29. The van der Waals surface area contributed by atoms with Gasteiger partial charge in [-0.1, -0.05) is 6.07 Å². The van der Waals surface area contributed by atoms with E-state index in [0.29, 0.717) is 11.6 Å². The maximum Gasteiger partial charge on any atom is 0.328 e. The Labute approximate surface area is 118 Å². The molecule has 2 N–H and O–H groups in total. The standard InChI is InChI=1S/C14H17NO4S/c1-10-8-13(6-4-12(10)5-7-14(16)17)15-20(18,19)9-11-2-3-11/h4-8,11,15H,2-3,9H2,1H3,(H,16,17). The van der Waals surface area contributed by atoms with Crippen molar-refractivity contribution in [2.24, 2.45) is 5.92 Å². The van der Waals surface area contributed by atoms with E-state index in [1.54, 1.807) is 25.1 Å². The van der Waals surface area contributed by atoms with E-state index in [2.05, 4.69) is 4.72 Å². The van der Waals surface area contributed by atoms with Gasteiger partial charge in [0.2, 0.25) is 10.0 Å². The van der Waals surface area contributed by atoms with Gasteiger partial charge in [0.15, 0.2) is 0 Å². The van der Waals surface area contributed by atoms with Gasteiger partial charge in [0.05, 0.1) is 5.75 Å². The second-order valence-corrected chi connectivity index (χ2v) is 6.84. The van der Waals surface area contributed by atoms with Gasteiger partial charge in [0.1, 0.15) is 0 Å². The lowest BCUT2D eigenvalue weighted by Crippen LogP contribution is -2.17. The highest BCUT2D eigenvalue weighted by molar-refractivity contribution is 7.92. The molecular formula is C14H17NO4S. The third-order valence-corrected chi connectivity index (χ3v) is 4.56. The molecule has 1 aliphatic carbocycles. The first-order valence-corrected chi connectivity index (χ1v) is 8.03. The molecule has 1 aromatic rings. The fourth-order valence-corrected chi connectivity index (χ4v) is 3.43. The van der Waals surface area contributed by atoms with Crippen LogP contribution in [0, 0.1) is 12.8 Å². The van der Waals surface area contributed by atoms with E-state index in [0.717, 1.165) is 30.0 Å². The first-order chi connectivity index (χ1) is 9.35. The molecule has 0 saturated heterocycles. The predicted octanol–water partition coefficient (Wildman–Crippen LogP) is 2.24. The van der Waals surface area contributed by atoms with Crippen molar-refractivity contribution in [3.63, 3.8) is 0 Å². The van der Waals surface area contributed by atoms with E-state index < -0.39 is 16.0 Å². The lowest BCUT2D eigenvalue weighted by atomic mass is 10.1. The molecule has 1 aliphatic rings. The van der Waals surface area contributed by atoms with E-state index in [1.165, 1.54) is 6.08 Å². The Morgan fingerprint density at radius 1 is 1.45 bits per heavy atom. The van der Waals surface area contributed by atoms with Gasteiger partial charge in [-0.3, -0.25) is 4.72 Å². The number of carbonyl (C=O) groups is 1. The van der Waals surface area contributed by atoms with Crippen molar-refractivity contribution in [3.05, 3.63) is 35.4 Å². The monoisotopic (exact) mass is 295 g/mol. The number of nitrogens with one attached hydrogen (secondary N) is 1. The molecular weight excluding hydrogens is 278 g/mol. The molecule has 0 heterocycles. The zero-order valence-electron chi connectivity index (χ0n) is 11.2. The van der Waals surface area contributed by atoms with Crippen molar-refractivity contribution in [3.8, 4) is 0 Å². The summed E-state index contributed by atoms with van der Waals surface area (Å²) in [6.07, 6.45) is 4.51. The number of aryl methyl sites for hydroxylation is 1. The van der Waals surface area contributed by atoms with E-state index in [1.807, 2.05) is 0 Å². The van der Waals surface area contributed by atoms with Crippen molar-refractivity contribution in [2.75, 3.05) is 10.5 Å². The Balaban J connectivity index is 2.10. The second-order valence-electron chi connectivity index (χ2n) is 5.07. The van der Waals surface area contributed by atoms with Gasteiger partial charge in [0, 0.05) is 11.8 Å². The minimum absolute atomic E-state index is 0.173. The van der Waals surface area contributed by atoms with Crippen LogP contribution >= 0.6 is 0 Å². The average Bonchev–Trinajstić information content (AvgIpc) is 3.10. The lowest BCUT2D eigenvalue weighted by molar-refractivity contribution is -0.131. The third-order valence-electron chi connectivity index (χ3n) is 3.10. The zero-order valence-corrected chi connectivity index (χ0v) is 12.0. The molecule has 2 rings (SSSR count). The van der Waals surface area contributed by atoms with E-state index in [-0.39, 0.29) is 5.75 Å². The van der Waals surface area contributed by atoms with Crippen LogP contribution in [0.5, 0.6) is 0 Å². The number of hydrogen-bond donors (Lipinski definition) is 2. The summed E-state index contributed by atoms with van der Waals surface area (Å²) in [6.45, 7) is 1.81. The molecule has 5 nitrogen and oxygen atoms in total. The van der Waals surface area contributed by atoms with Crippen LogP contribution in [0.2, 0.25) is 0 Å². The van der Waals surface area contributed by atoms with Crippen LogP contribution in [-0.2, 0) is 14.8 Å². The molecule has 1 aromatic carbocycles. The second kappa shape index (κ2) is 5.66. The topological polar surface area (TPSA) is 83.5 Å². The Hall–Kier alpha value is -1.82. The molecule has 0 aromatic heterocycles. The summed E-state index contributed by atoms with van der Waals surface area (Å²) >= 11 is 0. The molecule has 1 fully saturated rings. The minimum atomic E-state index is -3.29. The SMILES string of the molecule is Cc1cc(NS(=O)(=O)CC2CC2)ccc1C=CC(=O)O. The van der Waals surface area contributed by atoms with Gasteiger partial charge in [-0.2, -0.15) is 0 Å². The summed E-state index contributed by atoms with van der Waals surface area (Å²) in [5.41, 5.74) is 2.07. The van der Waals surface area contributed by atoms with Crippen LogP contribution in [-0.4, -0.2) is 25.2 Å². The van der Waals surface area contributed by atoms with Crippen molar-refractivity contribution in [1.29, 1.82) is 0 Å². The summed E-state index contributed by atoms with van der Waals surface area (Å²) in [6, 6.07) is 5.04. The molecule has 0 aliphatic heterocycles. The number of aliphatic carboxylic acids is 1. The fraction of sp³-hybridized carbons (Fsp3) is 0.357. The summed E-state index contributed by atoms with van der Waals surface area (Å²) in [5, 5.41) is 8.58. The lowest BCUT2D eigenvalue weighted by Gasteiger charge is -2.09. The molecule has 20 heavy (non-hydrogen) atoms. The van der Waals surface area contributed by atoms with E-state index in [9.17, 15) is 13.2 Å². The van der Waals surface area contributed by atoms with Gasteiger partial charge < -0.3 is 5.11 Å². The molecule has 1 saturated carbocycles. The normalized spacial score (nSPS) is 15.4. The summed E-state index contributed by atoms with van der Waals surface area (Å²) < 4.78 is 26.3. The number of anilines is 1. The number of rotatable bonds is 6. The Kier molecular flexibility index (Phi) is 4.13. The molecule has 0 radical (unpaired) electrons. The Bertz CT molecular complexity index is 645. The number of benzene rings is 1. The highest BCUT2D eigenvalue weighted by Gasteiger charge is 2.27. The van der Waals surface area contributed by atoms with Gasteiger partial charge in [-0.05, 0) is 55.0 Å². The number of carboxylic acid groups (broad SMARTS) is 1. The highest BCUT2D eigenvalue weighted by Crippen LogP contribution is 2.30. The maximum atomic E-state index is 11.9. The van der Waals surface area contributed by atoms with Crippen molar-refractivity contribution >= 4 is 27.8 Å². The smallest absolute Gasteiger partial charge is 0.328 e. The summed E-state index contributed by atoms with van der Waals surface area (Å²) in [4.78, 5) is 10.5. The van der Waals surface area contributed by atoms with Gasteiger partial charge in [-0.15, -0.1) is 0 Å². The molecule has 0 atom stereocenters. The van der Waals surface area contributed by atoms with Crippen LogP contribution in [0.1, 0.15) is 24.0 Å². The first-order valence-electron chi connectivity index (χ1n) is 6.38. The van der Waals surface area contributed by atoms with Crippen molar-refractivity contribution in [1.82, 2.24) is 0 Å². The van der Waals surface area contributed by atoms with Crippen LogP contribution in [0.25, 0.3) is 6.08 Å². The van der Waals surface area contributed by atoms with Crippen molar-refractivity contribution < 1.29 is 18.3 Å². The minimum Gasteiger partial charge on any atom is -0.478 e. The van der Waals surface area contributed by atoms with Gasteiger partial charge in [-0.25, -0.2) is 13.2 Å². The largest absolute Gasteiger partial charge is 0.478 e. The Morgan fingerprint density at radius 3 is 2.70 bits per heavy atom. The highest BCUT2D eigenvalue weighted by atomic mass is 32.2. The van der Waals surface area contributed by atoms with Crippen molar-refractivity contribution in [2.45, 2.75) is 19.8 Å². The van der Waals surface area contributed by atoms with Gasteiger partial charge in [0.25, 0.3) is 0 Å². The number of hydrogen-bond acceptors (Lipinski definition) is 3. The molecule has 0 unspecified atom stereocenters. The van der Waals surface area contributed by atoms with Crippen LogP contribution < -0.4 is 4.72 Å². The fourth-order valence-electron chi connectivity index (χ4n) is 1.90. The Morgan fingerprint density at radius 2 is 2.15 bits per heavy atom. The van der Waals surface area contributed by atoms with Crippen LogP contribution in [0.3, 0.4) is 0 Å².